The third-order valence-electron chi connectivity index (χ3n) is 3.67. The van der Waals surface area contributed by atoms with Crippen molar-refractivity contribution < 1.29 is 17.9 Å². The van der Waals surface area contributed by atoms with Crippen molar-refractivity contribution >= 4 is 21.6 Å². The Morgan fingerprint density at radius 1 is 0.852 bits per heavy atom. The van der Waals surface area contributed by atoms with Gasteiger partial charge >= 0.3 is 0 Å². The zero-order valence-corrected chi connectivity index (χ0v) is 15.1. The van der Waals surface area contributed by atoms with Gasteiger partial charge in [-0.2, -0.15) is 4.72 Å². The van der Waals surface area contributed by atoms with Crippen molar-refractivity contribution in [2.24, 2.45) is 0 Å². The zero-order chi connectivity index (χ0) is 19.1. The van der Waals surface area contributed by atoms with Crippen molar-refractivity contribution in [2.45, 2.75) is 4.90 Å². The molecule has 7 heteroatoms. The van der Waals surface area contributed by atoms with E-state index in [2.05, 4.69) is 10.0 Å². The van der Waals surface area contributed by atoms with E-state index in [1.54, 1.807) is 54.6 Å². The highest BCUT2D eigenvalue weighted by molar-refractivity contribution is 7.89. The van der Waals surface area contributed by atoms with Crippen molar-refractivity contribution in [3.05, 3.63) is 90.5 Å². The average molecular weight is 382 g/mol. The van der Waals surface area contributed by atoms with Gasteiger partial charge in [-0.25, -0.2) is 8.42 Å². The number of nitrogens with one attached hydrogen (secondary N) is 2. The number of ether oxygens (including phenoxy) is 1. The van der Waals surface area contributed by atoms with Crippen LogP contribution in [-0.2, 0) is 10.0 Å². The van der Waals surface area contributed by atoms with Gasteiger partial charge in [0.1, 0.15) is 5.75 Å². The average Bonchev–Trinajstić information content (AvgIpc) is 2.69. The minimum atomic E-state index is -3.65. The van der Waals surface area contributed by atoms with Gasteiger partial charge in [-0.1, -0.05) is 42.5 Å². The molecule has 3 aromatic rings. The number of rotatable bonds is 7. The highest BCUT2D eigenvalue weighted by Gasteiger charge is 2.13. The van der Waals surface area contributed by atoms with Crippen LogP contribution in [0.15, 0.2) is 89.8 Å². The molecule has 0 fully saturated rings. The topological polar surface area (TPSA) is 84.5 Å². The van der Waals surface area contributed by atoms with Crippen molar-refractivity contribution in [1.29, 1.82) is 0 Å². The monoisotopic (exact) mass is 382 g/mol. The molecule has 27 heavy (non-hydrogen) atoms. The molecule has 0 unspecified atom stereocenters. The van der Waals surface area contributed by atoms with Crippen LogP contribution in [0.1, 0.15) is 10.4 Å². The molecule has 0 radical (unpaired) electrons. The van der Waals surface area contributed by atoms with E-state index in [1.807, 2.05) is 18.2 Å². The molecular formula is C20H18N2O4S. The van der Waals surface area contributed by atoms with Crippen molar-refractivity contribution in [3.8, 4) is 5.75 Å². The molecule has 0 bridgehead atoms. The number of carbonyl (C=O) groups excluding carboxylic acids is 1. The van der Waals surface area contributed by atoms with E-state index in [-0.39, 0.29) is 17.5 Å². The zero-order valence-electron chi connectivity index (χ0n) is 14.3. The first-order chi connectivity index (χ1) is 13.0. The molecule has 6 nitrogen and oxygen atoms in total. The largest absolute Gasteiger partial charge is 0.477 e. The van der Waals surface area contributed by atoms with Crippen molar-refractivity contribution in [3.63, 3.8) is 0 Å². The van der Waals surface area contributed by atoms with Gasteiger partial charge in [0.15, 0.2) is 6.73 Å². The maximum atomic E-state index is 12.3. The normalized spacial score (nSPS) is 11.0. The lowest BCUT2D eigenvalue weighted by Gasteiger charge is -2.10. The SMILES string of the molecule is O=C(Nc1ccccc1)c1cccc(OCNS(=O)(=O)c2ccccc2)c1. The standard InChI is InChI=1S/C20H18N2O4S/c23-20(22-17-9-3-1-4-10-17)16-8-7-11-18(14-16)26-15-21-27(24,25)19-12-5-2-6-13-19/h1-14,21H,15H2,(H,22,23). The Morgan fingerprint density at radius 3 is 2.22 bits per heavy atom. The maximum Gasteiger partial charge on any atom is 0.255 e. The van der Waals surface area contributed by atoms with E-state index in [9.17, 15) is 13.2 Å². The lowest BCUT2D eigenvalue weighted by molar-refractivity contribution is 0.102. The van der Waals surface area contributed by atoms with E-state index < -0.39 is 10.0 Å². The van der Waals surface area contributed by atoms with Gasteiger partial charge in [0.25, 0.3) is 5.91 Å². The fourth-order valence-electron chi connectivity index (χ4n) is 2.33. The summed E-state index contributed by atoms with van der Waals surface area (Å²) in [5.41, 5.74) is 1.09. The Morgan fingerprint density at radius 2 is 1.52 bits per heavy atom. The predicted molar refractivity (Wildman–Crippen MR) is 103 cm³/mol. The van der Waals surface area contributed by atoms with Gasteiger partial charge in [-0.05, 0) is 42.5 Å². The second kappa shape index (κ2) is 8.48. The summed E-state index contributed by atoms with van der Waals surface area (Å²) in [5.74, 6) is 0.1000. The lowest BCUT2D eigenvalue weighted by Crippen LogP contribution is -2.27. The number of sulfonamides is 1. The Balaban J connectivity index is 1.60. The highest BCUT2D eigenvalue weighted by atomic mass is 32.2. The van der Waals surface area contributed by atoms with Gasteiger partial charge in [-0.15, -0.1) is 0 Å². The van der Waals surface area contributed by atoms with Gasteiger partial charge in [-0.3, -0.25) is 4.79 Å². The molecule has 3 aromatic carbocycles. The van der Waals surface area contributed by atoms with E-state index >= 15 is 0 Å². The number of anilines is 1. The summed E-state index contributed by atoms with van der Waals surface area (Å²) >= 11 is 0. The number of benzene rings is 3. The first kappa shape index (κ1) is 18.6. The first-order valence-electron chi connectivity index (χ1n) is 8.18. The third-order valence-corrected chi connectivity index (χ3v) is 5.06. The molecule has 2 N–H and O–H groups in total. The quantitative estimate of drug-likeness (QED) is 0.615. The van der Waals surface area contributed by atoms with Crippen LogP contribution >= 0.6 is 0 Å². The van der Waals surface area contributed by atoms with Crippen LogP contribution in [0.5, 0.6) is 5.75 Å². The molecule has 0 aliphatic heterocycles. The molecule has 0 saturated heterocycles. The summed E-state index contributed by atoms with van der Waals surface area (Å²) in [5, 5.41) is 2.78. The lowest BCUT2D eigenvalue weighted by atomic mass is 10.2. The number of hydrogen-bond acceptors (Lipinski definition) is 4. The first-order valence-corrected chi connectivity index (χ1v) is 9.67. The molecule has 0 atom stereocenters. The van der Waals surface area contributed by atoms with Crippen LogP contribution in [-0.4, -0.2) is 21.1 Å². The predicted octanol–water partition coefficient (Wildman–Crippen LogP) is 3.25. The number of para-hydroxylation sites is 1. The maximum absolute atomic E-state index is 12.3. The Labute approximate surface area is 157 Å². The number of carbonyl (C=O) groups is 1. The molecular weight excluding hydrogens is 364 g/mol. The highest BCUT2D eigenvalue weighted by Crippen LogP contribution is 2.15. The fourth-order valence-corrected chi connectivity index (χ4v) is 3.22. The third kappa shape index (κ3) is 5.16. The molecule has 1 amide bonds. The fraction of sp³-hybridized carbons (Fsp3) is 0.0500. The van der Waals surface area contributed by atoms with Crippen LogP contribution < -0.4 is 14.8 Å². The summed E-state index contributed by atoms with van der Waals surface area (Å²) in [7, 11) is -3.65. The van der Waals surface area contributed by atoms with Crippen molar-refractivity contribution in [2.75, 3.05) is 12.0 Å². The van der Waals surface area contributed by atoms with Crippen LogP contribution in [0.4, 0.5) is 5.69 Å². The molecule has 0 heterocycles. The molecule has 138 valence electrons. The molecule has 0 spiro atoms. The van der Waals surface area contributed by atoms with Crippen LogP contribution in [0.2, 0.25) is 0 Å². The smallest absolute Gasteiger partial charge is 0.255 e. The molecule has 0 saturated carbocycles. The second-order valence-corrected chi connectivity index (χ2v) is 7.36. The van der Waals surface area contributed by atoms with E-state index in [0.29, 0.717) is 17.0 Å². The summed E-state index contributed by atoms with van der Waals surface area (Å²) in [6, 6.07) is 23.6. The Kier molecular flexibility index (Phi) is 5.85. The van der Waals surface area contributed by atoms with Crippen molar-refractivity contribution in [1.82, 2.24) is 4.72 Å². The Bertz CT molecular complexity index is 1010. The minimum Gasteiger partial charge on any atom is -0.477 e. The van der Waals surface area contributed by atoms with E-state index in [0.717, 1.165) is 0 Å². The van der Waals surface area contributed by atoms with Gasteiger partial charge < -0.3 is 10.1 Å². The number of amides is 1. The Hall–Kier alpha value is -3.16. The summed E-state index contributed by atoms with van der Waals surface area (Å²) < 4.78 is 32.1. The van der Waals surface area contributed by atoms with Crippen LogP contribution in [0.25, 0.3) is 0 Å². The summed E-state index contributed by atoms with van der Waals surface area (Å²) in [4.78, 5) is 12.5. The van der Waals surface area contributed by atoms with E-state index in [1.165, 1.54) is 12.1 Å². The molecule has 0 aliphatic carbocycles. The number of hydrogen-bond donors (Lipinski definition) is 2. The van der Waals surface area contributed by atoms with E-state index in [4.69, 9.17) is 4.74 Å². The summed E-state index contributed by atoms with van der Waals surface area (Å²) in [6.45, 7) is -0.249. The van der Waals surface area contributed by atoms with Gasteiger partial charge in [0, 0.05) is 11.3 Å². The van der Waals surface area contributed by atoms with Gasteiger partial charge in [0.2, 0.25) is 10.0 Å². The molecule has 0 aromatic heterocycles. The molecule has 3 rings (SSSR count). The van der Waals surface area contributed by atoms with Crippen LogP contribution in [0, 0.1) is 0 Å². The molecule has 0 aliphatic rings. The second-order valence-electron chi connectivity index (χ2n) is 5.60. The van der Waals surface area contributed by atoms with Gasteiger partial charge in [0.05, 0.1) is 4.90 Å². The minimum absolute atomic E-state index is 0.157. The van der Waals surface area contributed by atoms with Crippen LogP contribution in [0.3, 0.4) is 0 Å². The summed E-state index contributed by atoms with van der Waals surface area (Å²) in [6.07, 6.45) is 0.